The lowest BCUT2D eigenvalue weighted by Crippen LogP contribution is -2.65. The summed E-state index contributed by atoms with van der Waals surface area (Å²) in [5, 5.41) is 58.5. The molecule has 0 radical (unpaired) electrons. The molecule has 0 atom stereocenters. The number of fused-ring (bicyclic) bond motifs is 2. The molecule has 2 heterocycles. The Morgan fingerprint density at radius 3 is 1.35 bits per heavy atom. The first-order valence-corrected chi connectivity index (χ1v) is 9.55. The molecular formula is C14H12B4N6O13. The molecule has 188 valence electrons. The van der Waals surface area contributed by atoms with Gasteiger partial charge in [0.2, 0.25) is 22.3 Å². The van der Waals surface area contributed by atoms with Gasteiger partial charge in [0.1, 0.15) is 0 Å². The van der Waals surface area contributed by atoms with Crippen LogP contribution in [-0.2, 0) is 22.9 Å². The Morgan fingerprint density at radius 2 is 1.08 bits per heavy atom. The zero-order valence-corrected chi connectivity index (χ0v) is 18.8. The number of nitro groups is 2. The van der Waals surface area contributed by atoms with Crippen molar-refractivity contribution >= 4 is 52.0 Å². The number of hydrogen-bond donors (Lipinski definition) is 0. The van der Waals surface area contributed by atoms with Gasteiger partial charge in [-0.3, -0.25) is 20.2 Å². The van der Waals surface area contributed by atoms with Gasteiger partial charge in [-0.05, 0) is 0 Å². The second kappa shape index (κ2) is 13.7. The fourth-order valence-electron chi connectivity index (χ4n) is 2.44. The van der Waals surface area contributed by atoms with Crippen molar-refractivity contribution in [1.29, 1.82) is 10.8 Å². The van der Waals surface area contributed by atoms with Crippen LogP contribution in [0.3, 0.4) is 0 Å². The molecule has 0 amide bonds. The minimum Gasteiger partial charge on any atom is -0.833 e. The molecule has 19 nitrogen and oxygen atoms in total. The zero-order chi connectivity index (χ0) is 27.5. The zero-order valence-electron chi connectivity index (χ0n) is 18.8. The molecule has 0 spiro atoms. The van der Waals surface area contributed by atoms with Gasteiger partial charge < -0.3 is 42.4 Å². The highest BCUT2D eigenvalue weighted by molar-refractivity contribution is 6.73. The van der Waals surface area contributed by atoms with Crippen LogP contribution >= 0.6 is 0 Å². The van der Waals surface area contributed by atoms with Crippen molar-refractivity contribution in [3.05, 3.63) is 66.6 Å². The Hall–Kier alpha value is -4.34. The predicted molar refractivity (Wildman–Crippen MR) is 117 cm³/mol. The van der Waals surface area contributed by atoms with Crippen molar-refractivity contribution in [2.24, 2.45) is 0 Å². The number of ether oxygens (including phenoxy) is 2. The lowest BCUT2D eigenvalue weighted by molar-refractivity contribution is -0.385. The fourth-order valence-corrected chi connectivity index (χ4v) is 2.44. The third-order valence-electron chi connectivity index (χ3n) is 4.07. The van der Waals surface area contributed by atoms with Crippen LogP contribution in [0.15, 0.2) is 36.4 Å². The minimum absolute atomic E-state index is 0.107. The van der Waals surface area contributed by atoms with E-state index < -0.39 is 39.1 Å². The van der Waals surface area contributed by atoms with Crippen LogP contribution < -0.4 is 19.5 Å². The SMILES string of the molecule is COc1cc([N+](=O)[O-])ccc1[N+]#N.COc1cc([N+](=O)[O-])ccc1[N+]#N.[O-]B1OB2OB([O-])OB(O1)O2. The van der Waals surface area contributed by atoms with Gasteiger partial charge in [0.25, 0.3) is 11.4 Å². The molecule has 0 N–H and O–H groups in total. The number of nitrogens with zero attached hydrogens (tertiary/aromatic N) is 6. The van der Waals surface area contributed by atoms with E-state index in [1.165, 1.54) is 50.6 Å². The fraction of sp³-hybridized carbons (Fsp3) is 0.143. The Morgan fingerprint density at radius 1 is 0.730 bits per heavy atom. The third-order valence-corrected chi connectivity index (χ3v) is 4.07. The van der Waals surface area contributed by atoms with Crippen LogP contribution in [0.25, 0.3) is 9.95 Å². The lowest BCUT2D eigenvalue weighted by Gasteiger charge is -2.40. The molecule has 2 saturated heterocycles. The first-order valence-electron chi connectivity index (χ1n) is 9.55. The highest BCUT2D eigenvalue weighted by Crippen LogP contribution is 2.31. The molecule has 0 aromatic heterocycles. The van der Waals surface area contributed by atoms with Gasteiger partial charge in [0.15, 0.2) is 9.95 Å². The maximum atomic E-state index is 10.5. The van der Waals surface area contributed by atoms with Crippen LogP contribution in [0.2, 0.25) is 0 Å². The summed E-state index contributed by atoms with van der Waals surface area (Å²) in [4.78, 5) is 25.3. The van der Waals surface area contributed by atoms with Crippen LogP contribution in [0.5, 0.6) is 11.5 Å². The van der Waals surface area contributed by atoms with Crippen molar-refractivity contribution in [2.75, 3.05) is 14.2 Å². The summed E-state index contributed by atoms with van der Waals surface area (Å²) in [6.45, 7) is 0. The van der Waals surface area contributed by atoms with E-state index in [0.29, 0.717) is 0 Å². The van der Waals surface area contributed by atoms with Gasteiger partial charge in [0.05, 0.1) is 36.2 Å². The van der Waals surface area contributed by atoms with Gasteiger partial charge in [0, 0.05) is 24.3 Å². The largest absolute Gasteiger partial charge is 0.833 e. The molecule has 2 fully saturated rings. The molecule has 23 heteroatoms. The third kappa shape index (κ3) is 8.38. The van der Waals surface area contributed by atoms with Gasteiger partial charge in [-0.2, -0.15) is 0 Å². The molecule has 4 rings (SSSR count). The Bertz CT molecular complexity index is 1100. The summed E-state index contributed by atoms with van der Waals surface area (Å²) in [6.07, 6.45) is 0. The van der Waals surface area contributed by atoms with Crippen LogP contribution in [-0.4, -0.2) is 53.4 Å². The van der Waals surface area contributed by atoms with Crippen molar-refractivity contribution in [3.8, 4) is 11.5 Å². The second-order valence-electron chi connectivity index (χ2n) is 6.26. The average Bonchev–Trinajstić information content (AvgIpc) is 2.87. The van der Waals surface area contributed by atoms with Crippen LogP contribution in [0.4, 0.5) is 22.7 Å². The number of benzene rings is 2. The molecule has 2 bridgehead atoms. The maximum absolute atomic E-state index is 10.5. The van der Waals surface area contributed by atoms with Crippen LogP contribution in [0, 0.1) is 31.0 Å². The topological polar surface area (TPSA) is 253 Å². The summed E-state index contributed by atoms with van der Waals surface area (Å²) in [7, 11) is -3.32. The van der Waals surface area contributed by atoms with Crippen molar-refractivity contribution in [3.63, 3.8) is 0 Å². The summed E-state index contributed by atoms with van der Waals surface area (Å²) in [6, 6.07) is 7.45. The van der Waals surface area contributed by atoms with Crippen molar-refractivity contribution in [2.45, 2.75) is 0 Å². The maximum Gasteiger partial charge on any atom is 0.597 e. The van der Waals surface area contributed by atoms with E-state index in [-0.39, 0.29) is 34.2 Å². The van der Waals surface area contributed by atoms with Gasteiger partial charge in [-0.15, -0.1) is 0 Å². The molecule has 2 aliphatic rings. The number of rotatable bonds is 4. The van der Waals surface area contributed by atoms with Crippen molar-refractivity contribution < 1.29 is 52.2 Å². The number of diazo groups is 2. The van der Waals surface area contributed by atoms with Gasteiger partial charge >= 0.3 is 40.7 Å². The lowest BCUT2D eigenvalue weighted by atomic mass is 9.90. The van der Waals surface area contributed by atoms with E-state index in [4.69, 9.17) is 20.3 Å². The van der Waals surface area contributed by atoms with E-state index in [9.17, 15) is 30.3 Å². The number of hydrogen-bond acceptors (Lipinski definition) is 15. The van der Waals surface area contributed by atoms with Crippen molar-refractivity contribution in [1.82, 2.24) is 0 Å². The van der Waals surface area contributed by atoms with Crippen LogP contribution in [0.1, 0.15) is 0 Å². The Kier molecular flexibility index (Phi) is 10.7. The summed E-state index contributed by atoms with van der Waals surface area (Å²) in [5.41, 5.74) is 0.106. The molecule has 37 heavy (non-hydrogen) atoms. The summed E-state index contributed by atoms with van der Waals surface area (Å²) in [5.74, 6) is 0.327. The molecule has 2 aromatic carbocycles. The highest BCUT2D eigenvalue weighted by Gasteiger charge is 2.44. The first kappa shape index (κ1) is 28.9. The number of non-ortho nitro benzene ring substituents is 2. The molecule has 0 saturated carbocycles. The van der Waals surface area contributed by atoms with E-state index in [2.05, 4.69) is 32.8 Å². The average molecular weight is 516 g/mol. The normalized spacial score (nSPS) is 13.6. The van der Waals surface area contributed by atoms with Gasteiger partial charge in [-0.25, -0.2) is 0 Å². The quantitative estimate of drug-likeness (QED) is 0.223. The van der Waals surface area contributed by atoms with E-state index in [0.717, 1.165) is 0 Å². The van der Waals surface area contributed by atoms with E-state index in [1.54, 1.807) is 0 Å². The Balaban J connectivity index is 0.000000196. The number of nitro benzene ring substituents is 2. The molecule has 2 aliphatic heterocycles. The van der Waals surface area contributed by atoms with E-state index >= 15 is 0 Å². The monoisotopic (exact) mass is 516 g/mol. The Labute approximate surface area is 208 Å². The molecule has 2 aromatic rings. The predicted octanol–water partition coefficient (Wildman–Crippen LogP) is -0.0672. The number of methoxy groups -OCH3 is 2. The first-order chi connectivity index (χ1) is 17.6. The smallest absolute Gasteiger partial charge is 0.597 e. The summed E-state index contributed by atoms with van der Waals surface area (Å²) >= 11 is 0. The second-order valence-corrected chi connectivity index (χ2v) is 6.26. The summed E-state index contributed by atoms with van der Waals surface area (Å²) < 4.78 is 31.4. The minimum atomic E-state index is -1.73. The standard InChI is InChI=1S/2C7H6N3O3.B4O7/c2*1-13-7-4-5(10(11)12)2-3-6(7)9-8;5-1-7-3-9-2(6)10-4(8-1)11-3/h2*2-4H,1H3;/q2*+1;-2. The van der Waals surface area contributed by atoms with E-state index in [1.807, 2.05) is 0 Å². The highest BCUT2D eigenvalue weighted by atomic mass is 16.9. The molecule has 0 aliphatic carbocycles. The molecular weight excluding hydrogens is 503 g/mol. The van der Waals surface area contributed by atoms with Gasteiger partial charge in [-0.1, -0.05) is 0 Å². The molecule has 0 unspecified atom stereocenters.